The SMILES string of the molecule is COC1CC(C[C@H]2C3CCCN4C(=O)C(=O)C5(O)O[C@@H](CCC5C)C[C@H](OC)/C(C)=C/C=C/C=C/[C@@H](C)CC(C)C(=O)[C@H](OC)C(O)/C(C)=C/C(C)C(=O)C[C@@H]2OC(=O)C34)CCC1N[P+](C)=O. The van der Waals surface area contributed by atoms with Gasteiger partial charge in [0, 0.05) is 64.4 Å². The minimum Gasteiger partial charge on any atom is -0.460 e. The second-order valence-electron chi connectivity index (χ2n) is 20.2. The maximum atomic E-state index is 14.5. The van der Waals surface area contributed by atoms with Gasteiger partial charge in [0.2, 0.25) is 5.79 Å². The molecule has 4 heterocycles. The molecule has 0 aromatic rings. The maximum absolute atomic E-state index is 14.5. The lowest BCUT2D eigenvalue weighted by Gasteiger charge is -2.50. The van der Waals surface area contributed by atoms with Crippen molar-refractivity contribution in [2.24, 2.45) is 41.4 Å². The summed E-state index contributed by atoms with van der Waals surface area (Å²) in [4.78, 5) is 72.5. The van der Waals surface area contributed by atoms with Crippen LogP contribution in [0.15, 0.2) is 47.6 Å². The van der Waals surface area contributed by atoms with E-state index in [1.807, 2.05) is 51.2 Å². The van der Waals surface area contributed by atoms with Crippen molar-refractivity contribution in [2.75, 3.05) is 34.5 Å². The van der Waals surface area contributed by atoms with Crippen molar-refractivity contribution in [3.8, 4) is 0 Å². The van der Waals surface area contributed by atoms with Crippen LogP contribution >= 0.6 is 7.95 Å². The summed E-state index contributed by atoms with van der Waals surface area (Å²) >= 11 is 0. The van der Waals surface area contributed by atoms with E-state index < -0.39 is 97.5 Å². The van der Waals surface area contributed by atoms with E-state index in [4.69, 9.17) is 23.7 Å². The van der Waals surface area contributed by atoms with Crippen LogP contribution in [0.5, 0.6) is 0 Å². The number of rotatable bonds is 7. The zero-order valence-corrected chi connectivity index (χ0v) is 42.3. The zero-order chi connectivity index (χ0) is 49.3. The van der Waals surface area contributed by atoms with Gasteiger partial charge in [-0.3, -0.25) is 19.2 Å². The van der Waals surface area contributed by atoms with Crippen molar-refractivity contribution in [1.82, 2.24) is 9.99 Å². The highest BCUT2D eigenvalue weighted by atomic mass is 31.1. The Morgan fingerprint density at radius 1 is 0.896 bits per heavy atom. The minimum atomic E-state index is -2.44. The predicted molar refractivity (Wildman–Crippen MR) is 253 cm³/mol. The maximum Gasteiger partial charge on any atom is 0.429 e. The quantitative estimate of drug-likeness (QED) is 0.110. The van der Waals surface area contributed by atoms with E-state index >= 15 is 0 Å². The normalized spacial score (nSPS) is 42.0. The molecule has 15 nitrogen and oxygen atoms in total. The topological polar surface area (TPSA) is 204 Å². The molecule has 17 atom stereocenters. The Hall–Kier alpha value is -3.27. The Kier molecular flexibility index (Phi) is 20.0. The van der Waals surface area contributed by atoms with Gasteiger partial charge in [-0.1, -0.05) is 68.7 Å². The molecule has 374 valence electrons. The number of hydrogen-bond donors (Lipinski definition) is 3. The highest BCUT2D eigenvalue weighted by Crippen LogP contribution is 2.45. The average molecular weight is 958 g/mol. The Labute approximate surface area is 398 Å². The van der Waals surface area contributed by atoms with Crippen LogP contribution < -0.4 is 5.09 Å². The van der Waals surface area contributed by atoms with Crippen LogP contribution in [-0.4, -0.2) is 133 Å². The first-order valence-corrected chi connectivity index (χ1v) is 26.1. The molecular weight excluding hydrogens is 880 g/mol. The number of allylic oxidation sites excluding steroid dienone is 6. The van der Waals surface area contributed by atoms with Gasteiger partial charge in [-0.25, -0.2) is 4.79 Å². The summed E-state index contributed by atoms with van der Waals surface area (Å²) in [6.07, 6.45) is 11.9. The number of carbonyl (C=O) groups excluding carboxylic acids is 5. The Morgan fingerprint density at radius 2 is 1.63 bits per heavy atom. The second kappa shape index (κ2) is 24.5. The van der Waals surface area contributed by atoms with Gasteiger partial charge < -0.3 is 38.8 Å². The largest absolute Gasteiger partial charge is 0.460 e. The summed E-state index contributed by atoms with van der Waals surface area (Å²) in [5.41, 5.74) is 1.27. The first kappa shape index (κ1) is 54.7. The molecule has 1 aliphatic carbocycles. The lowest BCUT2D eigenvalue weighted by Crippen LogP contribution is -2.65. The van der Waals surface area contributed by atoms with E-state index in [2.05, 4.69) is 5.09 Å². The Balaban J connectivity index is 1.51. The smallest absolute Gasteiger partial charge is 0.429 e. The molecule has 0 aromatic carbocycles. The molecule has 4 bridgehead atoms. The molecule has 5 rings (SSSR count). The summed E-state index contributed by atoms with van der Waals surface area (Å²) in [5, 5.41) is 26.7. The zero-order valence-electron chi connectivity index (χ0n) is 41.4. The van der Waals surface area contributed by atoms with Crippen LogP contribution in [0, 0.1) is 41.4 Å². The van der Waals surface area contributed by atoms with Crippen molar-refractivity contribution < 1.29 is 62.4 Å². The third-order valence-electron chi connectivity index (χ3n) is 15.3. The standard InChI is InChI=1S/C51H78N2O13P/c1-29-15-12-11-13-16-30(2)41(62-7)27-36-20-18-34(6)51(60,66-36)48(57)49(58)53-22-14-17-37-38(25-35-19-21-39(52-67(10)61)43(26-35)63-8)42(65-50(59)44(37)53)28-40(54)31(3)24-33(5)46(56)47(64-9)45(55)32(4)23-29/h11-13,15-16,24,29,31-32,34-39,41-44,46-47,56,60H,14,17-23,25-28H2,1-10H3,(H,52,61)/q+1/b13-11+,15-12+,30-16+,33-24+/t29-,31?,32?,34?,35?,36+,37?,38+,39?,41+,42+,43?,44?,46?,47+,51?/m1/s1. The van der Waals surface area contributed by atoms with Gasteiger partial charge in [0.05, 0.1) is 24.4 Å². The highest BCUT2D eigenvalue weighted by molar-refractivity contribution is 7.41. The molecule has 5 aliphatic rings. The van der Waals surface area contributed by atoms with Crippen LogP contribution in [-0.2, 0) is 52.2 Å². The highest BCUT2D eigenvalue weighted by Gasteiger charge is 2.57. The van der Waals surface area contributed by atoms with Crippen molar-refractivity contribution in [2.45, 2.75) is 167 Å². The van der Waals surface area contributed by atoms with Gasteiger partial charge in [-0.2, -0.15) is 0 Å². The van der Waals surface area contributed by atoms with E-state index in [0.717, 1.165) is 12.0 Å². The summed E-state index contributed by atoms with van der Waals surface area (Å²) in [6.45, 7) is 12.5. The lowest BCUT2D eigenvalue weighted by molar-refractivity contribution is -0.266. The molecule has 11 unspecified atom stereocenters. The number of amides is 1. The number of ketones is 3. The predicted octanol–water partition coefficient (Wildman–Crippen LogP) is 6.37. The molecular formula is C51H78N2O13P+. The first-order chi connectivity index (χ1) is 31.7. The van der Waals surface area contributed by atoms with Crippen LogP contribution in [0.2, 0.25) is 0 Å². The average Bonchev–Trinajstić information content (AvgIpc) is 3.29. The number of aliphatic hydroxyl groups is 2. The number of ether oxygens (including phenoxy) is 5. The van der Waals surface area contributed by atoms with E-state index in [-0.39, 0.29) is 48.5 Å². The summed E-state index contributed by atoms with van der Waals surface area (Å²) in [6, 6.07) is -1.24. The molecule has 1 saturated carbocycles. The number of nitrogens with zero attached hydrogens (tertiary/aromatic N) is 1. The first-order valence-electron chi connectivity index (χ1n) is 24.4. The van der Waals surface area contributed by atoms with Gasteiger partial charge in [0.1, 0.15) is 30.1 Å². The molecule has 0 aromatic heterocycles. The number of carbonyl (C=O) groups is 5. The number of piperidine rings is 1. The van der Waals surface area contributed by atoms with E-state index in [9.17, 15) is 38.8 Å². The van der Waals surface area contributed by atoms with E-state index in [1.54, 1.807) is 47.7 Å². The Bertz CT molecular complexity index is 1920. The minimum absolute atomic E-state index is 0.0191. The van der Waals surface area contributed by atoms with E-state index in [0.29, 0.717) is 63.4 Å². The molecule has 16 heteroatoms. The molecule has 3 saturated heterocycles. The number of esters is 1. The number of hydrogen-bond acceptors (Lipinski definition) is 13. The molecule has 0 radical (unpaired) electrons. The van der Waals surface area contributed by atoms with Crippen molar-refractivity contribution >= 4 is 37.2 Å². The van der Waals surface area contributed by atoms with Crippen molar-refractivity contribution in [3.63, 3.8) is 0 Å². The molecule has 0 spiro atoms. The molecule has 4 aliphatic heterocycles. The summed E-state index contributed by atoms with van der Waals surface area (Å²) < 4.78 is 41.9. The fourth-order valence-corrected chi connectivity index (χ4v) is 12.1. The van der Waals surface area contributed by atoms with Crippen molar-refractivity contribution in [1.29, 1.82) is 0 Å². The van der Waals surface area contributed by atoms with Crippen LogP contribution in [0.3, 0.4) is 0 Å². The lowest BCUT2D eigenvalue weighted by atomic mass is 9.67. The number of methoxy groups -OCH3 is 3. The van der Waals surface area contributed by atoms with Gasteiger partial charge in [0.15, 0.2) is 12.4 Å². The number of nitrogens with one attached hydrogen (secondary N) is 1. The fourth-order valence-electron chi connectivity index (χ4n) is 11.3. The molecule has 4 fully saturated rings. The van der Waals surface area contributed by atoms with Gasteiger partial charge >= 0.3 is 13.9 Å². The molecule has 1 amide bonds. The second-order valence-corrected chi connectivity index (χ2v) is 21.4. The summed E-state index contributed by atoms with van der Waals surface area (Å²) in [7, 11) is 2.98. The molecule has 3 N–H and O–H groups in total. The summed E-state index contributed by atoms with van der Waals surface area (Å²) in [5.74, 6) is -8.45. The fraction of sp³-hybridized carbons (Fsp3) is 0.745. The van der Waals surface area contributed by atoms with Gasteiger partial charge in [0.25, 0.3) is 11.7 Å². The van der Waals surface area contributed by atoms with Crippen molar-refractivity contribution in [3.05, 3.63) is 47.6 Å². The van der Waals surface area contributed by atoms with Crippen LogP contribution in [0.25, 0.3) is 0 Å². The monoisotopic (exact) mass is 958 g/mol. The van der Waals surface area contributed by atoms with Gasteiger partial charge in [-0.05, 0) is 101 Å². The molecule has 67 heavy (non-hydrogen) atoms. The third kappa shape index (κ3) is 13.3. The Morgan fingerprint density at radius 3 is 2.30 bits per heavy atom. The third-order valence-corrected chi connectivity index (χ3v) is 16.0. The number of Topliss-reactive ketones (excluding diaryl/α,β-unsaturated/α-hetero) is 3. The van der Waals surface area contributed by atoms with Gasteiger partial charge in [-0.15, -0.1) is 5.09 Å². The van der Waals surface area contributed by atoms with Crippen LogP contribution in [0.4, 0.5) is 0 Å². The van der Waals surface area contributed by atoms with Crippen LogP contribution in [0.1, 0.15) is 112 Å². The number of aliphatic hydroxyl groups excluding tert-OH is 1. The van der Waals surface area contributed by atoms with E-state index in [1.165, 1.54) is 12.0 Å². The number of fused-ring (bicyclic) bond motifs is 4.